The third-order valence-electron chi connectivity index (χ3n) is 5.18. The van der Waals surface area contributed by atoms with Crippen molar-refractivity contribution in [3.8, 4) is 0 Å². The number of hydrogen-bond donors (Lipinski definition) is 1. The third kappa shape index (κ3) is 3.19. The van der Waals surface area contributed by atoms with Gasteiger partial charge in [-0.05, 0) is 50.5 Å². The molecule has 1 aromatic rings. The summed E-state index contributed by atoms with van der Waals surface area (Å²) in [6.45, 7) is 14.9. The number of hydrogen-bond acceptors (Lipinski definition) is 3. The van der Waals surface area contributed by atoms with Crippen LogP contribution in [0.25, 0.3) is 0 Å². The van der Waals surface area contributed by atoms with Crippen LogP contribution in [-0.2, 0) is 12.0 Å². The van der Waals surface area contributed by atoms with Crippen LogP contribution in [0.3, 0.4) is 0 Å². The highest BCUT2D eigenvalue weighted by molar-refractivity contribution is 7.11. The Bertz CT molecular complexity index is 466. The zero-order valence-electron chi connectivity index (χ0n) is 14.6. The van der Waals surface area contributed by atoms with Gasteiger partial charge in [0.05, 0.1) is 11.2 Å². The summed E-state index contributed by atoms with van der Waals surface area (Å²) in [6, 6.07) is 0. The van der Waals surface area contributed by atoms with Gasteiger partial charge in [-0.1, -0.05) is 41.0 Å². The molecule has 21 heavy (non-hydrogen) atoms. The molecule has 0 radical (unpaired) electrons. The van der Waals surface area contributed by atoms with Crippen molar-refractivity contribution in [1.29, 1.82) is 0 Å². The highest BCUT2D eigenvalue weighted by Crippen LogP contribution is 2.48. The largest absolute Gasteiger partial charge is 0.305 e. The lowest BCUT2D eigenvalue weighted by Gasteiger charge is -2.47. The fourth-order valence-electron chi connectivity index (χ4n) is 4.20. The van der Waals surface area contributed by atoms with Gasteiger partial charge < -0.3 is 5.32 Å². The van der Waals surface area contributed by atoms with E-state index in [0.29, 0.717) is 11.8 Å². The molecule has 0 aromatic carbocycles. The first kappa shape index (κ1) is 17.0. The number of thiazole rings is 1. The van der Waals surface area contributed by atoms with Gasteiger partial charge in [-0.25, -0.2) is 4.98 Å². The summed E-state index contributed by atoms with van der Waals surface area (Å²) < 4.78 is 0. The predicted molar refractivity (Wildman–Crippen MR) is 92.9 cm³/mol. The van der Waals surface area contributed by atoms with Gasteiger partial charge >= 0.3 is 0 Å². The van der Waals surface area contributed by atoms with Crippen molar-refractivity contribution >= 4 is 11.3 Å². The first-order valence-electron chi connectivity index (χ1n) is 8.66. The SMILES string of the molecule is CCNC1(c2nc(CC)c(C)s2)CC(C)CCC1C(C)C. The fraction of sp³-hybridized carbons (Fsp3) is 0.833. The molecule has 1 heterocycles. The second-order valence-corrected chi connectivity index (χ2v) is 8.32. The van der Waals surface area contributed by atoms with Crippen molar-refractivity contribution in [2.24, 2.45) is 17.8 Å². The molecule has 1 saturated carbocycles. The molecule has 0 saturated heterocycles. The first-order chi connectivity index (χ1) is 9.94. The minimum atomic E-state index is 0.101. The monoisotopic (exact) mass is 308 g/mol. The fourth-order valence-corrected chi connectivity index (χ4v) is 5.45. The van der Waals surface area contributed by atoms with Gasteiger partial charge in [0, 0.05) is 4.88 Å². The average molecular weight is 309 g/mol. The second-order valence-electron chi connectivity index (χ2n) is 7.11. The smallest absolute Gasteiger partial charge is 0.114 e. The van der Waals surface area contributed by atoms with Gasteiger partial charge in [-0.15, -0.1) is 11.3 Å². The third-order valence-corrected chi connectivity index (χ3v) is 6.37. The Balaban J connectivity index is 2.49. The molecule has 3 heteroatoms. The quantitative estimate of drug-likeness (QED) is 0.836. The molecule has 1 aromatic heterocycles. The Hall–Kier alpha value is -0.410. The van der Waals surface area contributed by atoms with Crippen LogP contribution in [-0.4, -0.2) is 11.5 Å². The topological polar surface area (TPSA) is 24.9 Å². The van der Waals surface area contributed by atoms with Crippen molar-refractivity contribution in [3.05, 3.63) is 15.6 Å². The van der Waals surface area contributed by atoms with E-state index in [0.717, 1.165) is 18.9 Å². The molecule has 0 spiro atoms. The molecule has 3 atom stereocenters. The van der Waals surface area contributed by atoms with Crippen LogP contribution < -0.4 is 5.32 Å². The van der Waals surface area contributed by atoms with E-state index in [2.05, 4.69) is 46.9 Å². The maximum atomic E-state index is 5.07. The Morgan fingerprint density at radius 2 is 2.05 bits per heavy atom. The van der Waals surface area contributed by atoms with E-state index in [4.69, 9.17) is 4.98 Å². The summed E-state index contributed by atoms with van der Waals surface area (Å²) in [6.07, 6.45) is 4.97. The maximum absolute atomic E-state index is 5.07. The van der Waals surface area contributed by atoms with Crippen molar-refractivity contribution in [2.45, 2.75) is 72.8 Å². The van der Waals surface area contributed by atoms with E-state index in [1.807, 2.05) is 11.3 Å². The van der Waals surface area contributed by atoms with Crippen molar-refractivity contribution in [2.75, 3.05) is 6.54 Å². The molecule has 1 N–H and O–H groups in total. The average Bonchev–Trinajstić information content (AvgIpc) is 2.80. The van der Waals surface area contributed by atoms with Crippen LogP contribution in [0.2, 0.25) is 0 Å². The molecule has 120 valence electrons. The van der Waals surface area contributed by atoms with Crippen LogP contribution >= 0.6 is 11.3 Å². The van der Waals surface area contributed by atoms with Crippen LogP contribution in [0.15, 0.2) is 0 Å². The summed E-state index contributed by atoms with van der Waals surface area (Å²) in [7, 11) is 0. The standard InChI is InChI=1S/C18H32N2S/c1-7-16-14(6)21-17(20-16)18(19-8-2)11-13(5)9-10-15(18)12(3)4/h12-13,15,19H,7-11H2,1-6H3. The Kier molecular flexibility index (Phi) is 5.48. The lowest BCUT2D eigenvalue weighted by atomic mass is 9.65. The summed E-state index contributed by atoms with van der Waals surface area (Å²) in [5.41, 5.74) is 1.40. The molecular weight excluding hydrogens is 276 g/mol. The molecule has 1 aliphatic carbocycles. The molecule has 3 unspecified atom stereocenters. The van der Waals surface area contributed by atoms with Gasteiger partial charge in [-0.3, -0.25) is 0 Å². The molecule has 0 aliphatic heterocycles. The molecule has 2 rings (SSSR count). The van der Waals surface area contributed by atoms with Crippen LogP contribution in [0, 0.1) is 24.7 Å². The first-order valence-corrected chi connectivity index (χ1v) is 9.48. The van der Waals surface area contributed by atoms with Crippen LogP contribution in [0.1, 0.15) is 69.5 Å². The van der Waals surface area contributed by atoms with Gasteiger partial charge in [0.15, 0.2) is 0 Å². The van der Waals surface area contributed by atoms with E-state index in [1.165, 1.54) is 34.8 Å². The summed E-state index contributed by atoms with van der Waals surface area (Å²) >= 11 is 1.93. The van der Waals surface area contributed by atoms with Crippen LogP contribution in [0.4, 0.5) is 0 Å². The summed E-state index contributed by atoms with van der Waals surface area (Å²) in [4.78, 5) is 6.47. The molecule has 2 nitrogen and oxygen atoms in total. The Morgan fingerprint density at radius 3 is 2.57 bits per heavy atom. The van der Waals surface area contributed by atoms with Gasteiger partial charge in [0.25, 0.3) is 0 Å². The van der Waals surface area contributed by atoms with Crippen molar-refractivity contribution in [1.82, 2.24) is 10.3 Å². The molecule has 1 fully saturated rings. The molecule has 0 bridgehead atoms. The molecular formula is C18H32N2S. The summed E-state index contributed by atoms with van der Waals surface area (Å²) in [5.74, 6) is 2.18. The molecule has 0 amide bonds. The Morgan fingerprint density at radius 1 is 1.33 bits per heavy atom. The predicted octanol–water partition coefficient (Wildman–Crippen LogP) is 4.91. The Labute approximate surface area is 134 Å². The number of nitrogens with zero attached hydrogens (tertiary/aromatic N) is 1. The number of nitrogens with one attached hydrogen (secondary N) is 1. The molecule has 1 aliphatic rings. The zero-order chi connectivity index (χ0) is 15.6. The van der Waals surface area contributed by atoms with E-state index in [9.17, 15) is 0 Å². The summed E-state index contributed by atoms with van der Waals surface area (Å²) in [5, 5.41) is 5.24. The highest BCUT2D eigenvalue weighted by atomic mass is 32.1. The second kappa shape index (κ2) is 6.78. The van der Waals surface area contributed by atoms with Gasteiger partial charge in [0.2, 0.25) is 0 Å². The number of aromatic nitrogens is 1. The lowest BCUT2D eigenvalue weighted by molar-refractivity contribution is 0.0737. The van der Waals surface area contributed by atoms with Gasteiger partial charge in [-0.2, -0.15) is 0 Å². The van der Waals surface area contributed by atoms with Gasteiger partial charge in [0.1, 0.15) is 5.01 Å². The highest BCUT2D eigenvalue weighted by Gasteiger charge is 2.47. The minimum absolute atomic E-state index is 0.101. The maximum Gasteiger partial charge on any atom is 0.114 e. The minimum Gasteiger partial charge on any atom is -0.305 e. The van der Waals surface area contributed by atoms with E-state index in [1.54, 1.807) is 0 Å². The normalized spacial score (nSPS) is 30.0. The lowest BCUT2D eigenvalue weighted by Crippen LogP contribution is -2.53. The van der Waals surface area contributed by atoms with E-state index < -0.39 is 0 Å². The number of aryl methyl sites for hydroxylation is 2. The van der Waals surface area contributed by atoms with Crippen LogP contribution in [0.5, 0.6) is 0 Å². The van der Waals surface area contributed by atoms with E-state index in [-0.39, 0.29) is 5.54 Å². The van der Waals surface area contributed by atoms with Crippen molar-refractivity contribution in [3.63, 3.8) is 0 Å². The van der Waals surface area contributed by atoms with E-state index >= 15 is 0 Å². The van der Waals surface area contributed by atoms with Crippen molar-refractivity contribution < 1.29 is 0 Å². The zero-order valence-corrected chi connectivity index (χ0v) is 15.4. The number of rotatable bonds is 5.